The summed E-state index contributed by atoms with van der Waals surface area (Å²) < 4.78 is 0. The fourth-order valence-electron chi connectivity index (χ4n) is 1.74. The van der Waals surface area contributed by atoms with Crippen LogP contribution in [0.4, 0.5) is 0 Å². The molecular weight excluding hydrogens is 196 g/mol. The Balaban J connectivity index is 2.31. The third-order valence-corrected chi connectivity index (χ3v) is 2.58. The van der Waals surface area contributed by atoms with Gasteiger partial charge in [0.15, 0.2) is 11.5 Å². The minimum Gasteiger partial charge on any atom is -0.504 e. The van der Waals surface area contributed by atoms with Crippen LogP contribution in [0.2, 0.25) is 0 Å². The van der Waals surface area contributed by atoms with Crippen molar-refractivity contribution in [2.45, 2.75) is 6.04 Å². The SMILES string of the molecule is Oc1ccc([C@@H]2CNCCN2)c(O)c1O. The molecule has 5 nitrogen and oxygen atoms in total. The van der Waals surface area contributed by atoms with Gasteiger partial charge in [-0.25, -0.2) is 0 Å². The molecule has 1 atom stereocenters. The van der Waals surface area contributed by atoms with Crippen molar-refractivity contribution in [2.75, 3.05) is 19.6 Å². The van der Waals surface area contributed by atoms with Gasteiger partial charge in [0.05, 0.1) is 0 Å². The van der Waals surface area contributed by atoms with Crippen LogP contribution in [0.15, 0.2) is 12.1 Å². The highest BCUT2D eigenvalue weighted by molar-refractivity contribution is 5.54. The van der Waals surface area contributed by atoms with Crippen molar-refractivity contribution in [3.63, 3.8) is 0 Å². The molecule has 1 aromatic rings. The van der Waals surface area contributed by atoms with Crippen LogP contribution in [0.5, 0.6) is 17.2 Å². The van der Waals surface area contributed by atoms with E-state index in [1.165, 1.54) is 6.07 Å². The normalized spacial score (nSPS) is 21.5. The highest BCUT2D eigenvalue weighted by Gasteiger charge is 2.20. The highest BCUT2D eigenvalue weighted by atomic mass is 16.3. The molecule has 0 spiro atoms. The van der Waals surface area contributed by atoms with E-state index in [2.05, 4.69) is 10.6 Å². The third-order valence-electron chi connectivity index (χ3n) is 2.58. The number of aromatic hydroxyl groups is 3. The average Bonchev–Trinajstić information content (AvgIpc) is 2.27. The van der Waals surface area contributed by atoms with Crippen molar-refractivity contribution >= 4 is 0 Å². The van der Waals surface area contributed by atoms with E-state index in [9.17, 15) is 15.3 Å². The predicted octanol–water partition coefficient (Wildman–Crippen LogP) is 0.0373. The molecular formula is C10H14N2O3. The van der Waals surface area contributed by atoms with Gasteiger partial charge in [-0.3, -0.25) is 0 Å². The maximum atomic E-state index is 9.65. The summed E-state index contributed by atoms with van der Waals surface area (Å²) in [5.74, 6) is -1.02. The quantitative estimate of drug-likeness (QED) is 0.422. The minimum atomic E-state index is -0.458. The molecule has 5 heteroatoms. The lowest BCUT2D eigenvalue weighted by atomic mass is 10.0. The zero-order valence-corrected chi connectivity index (χ0v) is 8.20. The van der Waals surface area contributed by atoms with E-state index in [1.54, 1.807) is 6.07 Å². The Kier molecular flexibility index (Phi) is 2.66. The largest absolute Gasteiger partial charge is 0.504 e. The van der Waals surface area contributed by atoms with Gasteiger partial charge >= 0.3 is 0 Å². The van der Waals surface area contributed by atoms with Crippen LogP contribution in [0.25, 0.3) is 0 Å². The molecule has 0 unspecified atom stereocenters. The number of phenols is 3. The monoisotopic (exact) mass is 210 g/mol. The number of hydrogen-bond acceptors (Lipinski definition) is 5. The van der Waals surface area contributed by atoms with Crippen LogP contribution < -0.4 is 10.6 Å². The van der Waals surface area contributed by atoms with E-state index < -0.39 is 5.75 Å². The predicted molar refractivity (Wildman–Crippen MR) is 55.0 cm³/mol. The first kappa shape index (κ1) is 10.1. The van der Waals surface area contributed by atoms with Gasteiger partial charge < -0.3 is 26.0 Å². The summed E-state index contributed by atoms with van der Waals surface area (Å²) in [6.45, 7) is 2.39. The average molecular weight is 210 g/mol. The Morgan fingerprint density at radius 3 is 2.53 bits per heavy atom. The van der Waals surface area contributed by atoms with Crippen LogP contribution in [-0.2, 0) is 0 Å². The van der Waals surface area contributed by atoms with E-state index in [0.29, 0.717) is 12.1 Å². The summed E-state index contributed by atoms with van der Waals surface area (Å²) in [5.41, 5.74) is 0.595. The molecule has 0 aliphatic carbocycles. The number of rotatable bonds is 1. The molecule has 0 saturated carbocycles. The van der Waals surface area contributed by atoms with Crippen LogP contribution >= 0.6 is 0 Å². The third kappa shape index (κ3) is 1.84. The van der Waals surface area contributed by atoms with Crippen molar-refractivity contribution in [2.24, 2.45) is 0 Å². The molecule has 2 rings (SSSR count). The van der Waals surface area contributed by atoms with Gasteiger partial charge in [-0.15, -0.1) is 0 Å². The van der Waals surface area contributed by atoms with Crippen molar-refractivity contribution in [1.82, 2.24) is 10.6 Å². The summed E-state index contributed by atoms with van der Waals surface area (Å²) in [5, 5.41) is 34.6. The van der Waals surface area contributed by atoms with Crippen LogP contribution in [0.1, 0.15) is 11.6 Å². The molecule has 82 valence electrons. The van der Waals surface area contributed by atoms with Gasteiger partial charge in [-0.05, 0) is 12.1 Å². The molecule has 1 saturated heterocycles. The summed E-state index contributed by atoms with van der Waals surface area (Å²) in [6.07, 6.45) is 0. The standard InChI is InChI=1S/C10H14N2O3/c13-8-2-1-6(9(14)10(8)15)7-5-11-3-4-12-7/h1-2,7,11-15H,3-5H2/t7-/m0/s1. The van der Waals surface area contributed by atoms with E-state index in [0.717, 1.165) is 13.1 Å². The van der Waals surface area contributed by atoms with Crippen LogP contribution in [-0.4, -0.2) is 35.0 Å². The second kappa shape index (κ2) is 3.96. The molecule has 1 aromatic carbocycles. The molecule has 1 aliphatic rings. The number of nitrogens with one attached hydrogen (secondary N) is 2. The summed E-state index contributed by atoms with van der Waals surface area (Å²) in [7, 11) is 0. The molecule has 0 amide bonds. The Hall–Kier alpha value is -1.46. The van der Waals surface area contributed by atoms with E-state index in [-0.39, 0.29) is 17.5 Å². The van der Waals surface area contributed by atoms with E-state index >= 15 is 0 Å². The number of benzene rings is 1. The summed E-state index contributed by atoms with van der Waals surface area (Å²) in [6, 6.07) is 2.95. The first-order valence-electron chi connectivity index (χ1n) is 4.88. The first-order chi connectivity index (χ1) is 7.20. The summed E-state index contributed by atoms with van der Waals surface area (Å²) in [4.78, 5) is 0. The zero-order chi connectivity index (χ0) is 10.8. The molecule has 1 aliphatic heterocycles. The Morgan fingerprint density at radius 2 is 1.87 bits per heavy atom. The first-order valence-corrected chi connectivity index (χ1v) is 4.88. The maximum Gasteiger partial charge on any atom is 0.200 e. The fraction of sp³-hybridized carbons (Fsp3) is 0.400. The Morgan fingerprint density at radius 1 is 1.07 bits per heavy atom. The van der Waals surface area contributed by atoms with E-state index in [1.807, 2.05) is 0 Å². The number of hydrogen-bond donors (Lipinski definition) is 5. The van der Waals surface area contributed by atoms with Gasteiger partial charge in [0.2, 0.25) is 5.75 Å². The molecule has 5 N–H and O–H groups in total. The molecule has 0 aromatic heterocycles. The van der Waals surface area contributed by atoms with Crippen molar-refractivity contribution in [3.8, 4) is 17.2 Å². The molecule has 0 radical (unpaired) electrons. The highest BCUT2D eigenvalue weighted by Crippen LogP contribution is 2.39. The smallest absolute Gasteiger partial charge is 0.200 e. The van der Waals surface area contributed by atoms with Gasteiger partial charge in [-0.2, -0.15) is 0 Å². The number of piperazine rings is 1. The lowest BCUT2D eigenvalue weighted by molar-refractivity contribution is 0.353. The van der Waals surface area contributed by atoms with Gasteiger partial charge in [-0.1, -0.05) is 0 Å². The minimum absolute atomic E-state index is 0.0368. The summed E-state index contributed by atoms with van der Waals surface area (Å²) >= 11 is 0. The molecule has 1 heterocycles. The van der Waals surface area contributed by atoms with Crippen LogP contribution in [0.3, 0.4) is 0 Å². The second-order valence-electron chi connectivity index (χ2n) is 3.58. The van der Waals surface area contributed by atoms with E-state index in [4.69, 9.17) is 0 Å². The molecule has 15 heavy (non-hydrogen) atoms. The Labute approximate surface area is 87.4 Å². The van der Waals surface area contributed by atoms with Gasteiger partial charge in [0.25, 0.3) is 0 Å². The van der Waals surface area contributed by atoms with Gasteiger partial charge in [0.1, 0.15) is 0 Å². The zero-order valence-electron chi connectivity index (χ0n) is 8.20. The van der Waals surface area contributed by atoms with Crippen LogP contribution in [0, 0.1) is 0 Å². The van der Waals surface area contributed by atoms with Crippen molar-refractivity contribution < 1.29 is 15.3 Å². The number of phenolic OH excluding ortho intramolecular Hbond substituents is 3. The fourth-order valence-corrected chi connectivity index (χ4v) is 1.74. The molecule has 0 bridgehead atoms. The topological polar surface area (TPSA) is 84.8 Å². The lowest BCUT2D eigenvalue weighted by Gasteiger charge is -2.25. The second-order valence-corrected chi connectivity index (χ2v) is 3.58. The molecule has 1 fully saturated rings. The maximum absolute atomic E-state index is 9.65. The van der Waals surface area contributed by atoms with Crippen molar-refractivity contribution in [3.05, 3.63) is 17.7 Å². The van der Waals surface area contributed by atoms with Gasteiger partial charge in [0, 0.05) is 31.2 Å². The van der Waals surface area contributed by atoms with Crippen molar-refractivity contribution in [1.29, 1.82) is 0 Å². The Bertz CT molecular complexity index is 362. The lowest BCUT2D eigenvalue weighted by Crippen LogP contribution is -2.42.